The lowest BCUT2D eigenvalue weighted by Crippen LogP contribution is -2.15. The summed E-state index contributed by atoms with van der Waals surface area (Å²) in [5.74, 6) is 0.407. The first-order valence-corrected chi connectivity index (χ1v) is 13.0. The lowest BCUT2D eigenvalue weighted by atomic mass is 9.97. The zero-order valence-electron chi connectivity index (χ0n) is 21.7. The van der Waals surface area contributed by atoms with Gasteiger partial charge in [0.15, 0.2) is 11.5 Å². The van der Waals surface area contributed by atoms with Gasteiger partial charge in [0.2, 0.25) is 5.75 Å². The third-order valence-corrected chi connectivity index (χ3v) is 6.24. The van der Waals surface area contributed by atoms with Gasteiger partial charge in [-0.1, -0.05) is 23.8 Å². The largest absolute Gasteiger partial charge is 0.490 e. The van der Waals surface area contributed by atoms with Crippen LogP contribution in [0.3, 0.4) is 0 Å². The Labute approximate surface area is 216 Å². The van der Waals surface area contributed by atoms with Gasteiger partial charge in [-0.25, -0.2) is 4.79 Å². The number of benzene rings is 2. The first kappa shape index (κ1) is 27.1. The highest BCUT2D eigenvalue weighted by molar-refractivity contribution is 7.15. The van der Waals surface area contributed by atoms with Crippen molar-refractivity contribution in [3.8, 4) is 28.4 Å². The number of thiophene rings is 1. The van der Waals surface area contributed by atoms with Crippen molar-refractivity contribution in [2.75, 3.05) is 31.7 Å². The maximum atomic E-state index is 13.4. The van der Waals surface area contributed by atoms with Crippen molar-refractivity contribution >= 4 is 28.2 Å². The molecule has 1 aromatic heterocycles. The molecule has 3 rings (SSSR count). The zero-order chi connectivity index (χ0) is 26.2. The van der Waals surface area contributed by atoms with Crippen molar-refractivity contribution in [1.82, 2.24) is 0 Å². The molecule has 36 heavy (non-hydrogen) atoms. The molecule has 192 valence electrons. The monoisotopic (exact) mass is 511 g/mol. The minimum atomic E-state index is -0.485. The SMILES string of the molecule is CCOC(=O)c1c(-c2ccc(C)cc2C)csc1NC(=O)c1cc(OCC)c(OCC)c(OCC)c1. The van der Waals surface area contributed by atoms with Gasteiger partial charge in [0.1, 0.15) is 10.6 Å². The lowest BCUT2D eigenvalue weighted by molar-refractivity contribution is 0.0529. The number of hydrogen-bond acceptors (Lipinski definition) is 7. The summed E-state index contributed by atoms with van der Waals surface area (Å²) in [6, 6.07) is 9.28. The quantitative estimate of drug-likeness (QED) is 0.290. The molecular weight excluding hydrogens is 478 g/mol. The molecule has 0 aliphatic rings. The number of esters is 1. The molecule has 0 saturated heterocycles. The number of hydrogen-bond donors (Lipinski definition) is 1. The van der Waals surface area contributed by atoms with Crippen molar-refractivity contribution in [3.63, 3.8) is 0 Å². The molecule has 1 heterocycles. The summed E-state index contributed by atoms with van der Waals surface area (Å²) in [6.45, 7) is 12.8. The van der Waals surface area contributed by atoms with E-state index in [-0.39, 0.29) is 6.61 Å². The normalized spacial score (nSPS) is 10.6. The second-order valence-electron chi connectivity index (χ2n) is 7.95. The van der Waals surface area contributed by atoms with Crippen LogP contribution in [0.2, 0.25) is 0 Å². The predicted octanol–water partition coefficient (Wildman–Crippen LogP) is 6.66. The van der Waals surface area contributed by atoms with E-state index >= 15 is 0 Å². The molecule has 0 aliphatic heterocycles. The van der Waals surface area contributed by atoms with E-state index in [0.29, 0.717) is 53.2 Å². The number of anilines is 1. The van der Waals surface area contributed by atoms with Crippen LogP contribution in [0.5, 0.6) is 17.2 Å². The first-order valence-electron chi connectivity index (χ1n) is 12.1. The maximum absolute atomic E-state index is 13.4. The Morgan fingerprint density at radius 3 is 2.03 bits per heavy atom. The van der Waals surface area contributed by atoms with Gasteiger partial charge in [0.25, 0.3) is 5.91 Å². The fourth-order valence-electron chi connectivity index (χ4n) is 3.86. The molecule has 2 aromatic carbocycles. The third kappa shape index (κ3) is 5.99. The molecule has 1 amide bonds. The van der Waals surface area contributed by atoms with Crippen LogP contribution in [0.4, 0.5) is 5.00 Å². The standard InChI is InChI=1S/C28H33NO6S/c1-7-32-22-14-19(15-23(33-8-2)25(22)34-9-3)26(30)29-27-24(28(31)35-10-4)21(16-36-27)20-12-11-17(5)13-18(20)6/h11-16H,7-10H2,1-6H3,(H,29,30). The highest BCUT2D eigenvalue weighted by atomic mass is 32.1. The fraction of sp³-hybridized carbons (Fsp3) is 0.357. The zero-order valence-corrected chi connectivity index (χ0v) is 22.5. The van der Waals surface area contributed by atoms with Crippen LogP contribution in [0.15, 0.2) is 35.7 Å². The Morgan fingerprint density at radius 2 is 1.47 bits per heavy atom. The molecule has 1 N–H and O–H groups in total. The molecule has 3 aromatic rings. The van der Waals surface area contributed by atoms with Crippen molar-refractivity contribution in [2.45, 2.75) is 41.5 Å². The van der Waals surface area contributed by atoms with Crippen LogP contribution < -0.4 is 19.5 Å². The Hall–Kier alpha value is -3.52. The van der Waals surface area contributed by atoms with E-state index in [0.717, 1.165) is 22.3 Å². The molecule has 8 heteroatoms. The van der Waals surface area contributed by atoms with Gasteiger partial charge in [-0.2, -0.15) is 0 Å². The van der Waals surface area contributed by atoms with Crippen LogP contribution in [-0.4, -0.2) is 38.3 Å². The Balaban J connectivity index is 2.04. The highest BCUT2D eigenvalue weighted by Crippen LogP contribution is 2.41. The Bertz CT molecular complexity index is 1210. The van der Waals surface area contributed by atoms with Crippen molar-refractivity contribution in [2.24, 2.45) is 0 Å². The average molecular weight is 512 g/mol. The Kier molecular flexibility index (Phi) is 9.36. The molecule has 0 saturated carbocycles. The molecule has 0 aliphatic carbocycles. The number of aryl methyl sites for hydroxylation is 2. The van der Waals surface area contributed by atoms with Gasteiger partial charge >= 0.3 is 5.97 Å². The predicted molar refractivity (Wildman–Crippen MR) is 143 cm³/mol. The van der Waals surface area contributed by atoms with E-state index in [4.69, 9.17) is 18.9 Å². The van der Waals surface area contributed by atoms with E-state index in [1.54, 1.807) is 19.1 Å². The number of nitrogens with one attached hydrogen (secondary N) is 1. The van der Waals surface area contributed by atoms with Crippen LogP contribution >= 0.6 is 11.3 Å². The summed E-state index contributed by atoms with van der Waals surface area (Å²) in [4.78, 5) is 26.4. The molecule has 0 spiro atoms. The van der Waals surface area contributed by atoms with Crippen LogP contribution in [-0.2, 0) is 4.74 Å². The minimum Gasteiger partial charge on any atom is -0.490 e. The van der Waals surface area contributed by atoms with E-state index in [1.807, 2.05) is 52.1 Å². The fourth-order valence-corrected chi connectivity index (χ4v) is 4.81. The van der Waals surface area contributed by atoms with Gasteiger partial charge in [0, 0.05) is 16.5 Å². The molecule has 0 radical (unpaired) electrons. The van der Waals surface area contributed by atoms with E-state index in [1.165, 1.54) is 11.3 Å². The van der Waals surface area contributed by atoms with Crippen molar-refractivity contribution in [3.05, 3.63) is 58.0 Å². The lowest BCUT2D eigenvalue weighted by Gasteiger charge is -2.17. The summed E-state index contributed by atoms with van der Waals surface area (Å²) >= 11 is 1.28. The number of ether oxygens (including phenoxy) is 4. The van der Waals surface area contributed by atoms with Crippen LogP contribution in [0.1, 0.15) is 59.5 Å². The second-order valence-corrected chi connectivity index (χ2v) is 8.83. The second kappa shape index (κ2) is 12.4. The number of rotatable bonds is 11. The van der Waals surface area contributed by atoms with E-state index in [2.05, 4.69) is 11.4 Å². The maximum Gasteiger partial charge on any atom is 0.341 e. The Morgan fingerprint density at radius 1 is 0.833 bits per heavy atom. The van der Waals surface area contributed by atoms with Gasteiger partial charge in [-0.3, -0.25) is 4.79 Å². The summed E-state index contributed by atoms with van der Waals surface area (Å²) in [6.07, 6.45) is 0. The third-order valence-electron chi connectivity index (χ3n) is 5.34. The molecular formula is C28H33NO6S. The van der Waals surface area contributed by atoms with Crippen LogP contribution in [0.25, 0.3) is 11.1 Å². The van der Waals surface area contributed by atoms with Gasteiger partial charge in [-0.15, -0.1) is 11.3 Å². The number of carbonyl (C=O) groups is 2. The van der Waals surface area contributed by atoms with Crippen molar-refractivity contribution < 1.29 is 28.5 Å². The molecule has 0 fully saturated rings. The smallest absolute Gasteiger partial charge is 0.341 e. The topological polar surface area (TPSA) is 83.1 Å². The average Bonchev–Trinajstić information content (AvgIpc) is 3.24. The number of carbonyl (C=O) groups excluding carboxylic acids is 2. The summed E-state index contributed by atoms with van der Waals surface area (Å²) < 4.78 is 22.6. The highest BCUT2D eigenvalue weighted by Gasteiger charge is 2.25. The summed E-state index contributed by atoms with van der Waals surface area (Å²) in [7, 11) is 0. The summed E-state index contributed by atoms with van der Waals surface area (Å²) in [5, 5.41) is 5.19. The van der Waals surface area contributed by atoms with Gasteiger partial charge in [0.05, 0.1) is 26.4 Å². The number of amides is 1. The molecule has 0 unspecified atom stereocenters. The van der Waals surface area contributed by atoms with Gasteiger partial charge < -0.3 is 24.3 Å². The summed E-state index contributed by atoms with van der Waals surface area (Å²) in [5.41, 5.74) is 4.46. The van der Waals surface area contributed by atoms with E-state index in [9.17, 15) is 9.59 Å². The molecule has 0 atom stereocenters. The van der Waals surface area contributed by atoms with Crippen LogP contribution in [0, 0.1) is 13.8 Å². The molecule has 7 nitrogen and oxygen atoms in total. The first-order chi connectivity index (χ1) is 17.3. The van der Waals surface area contributed by atoms with Crippen molar-refractivity contribution in [1.29, 1.82) is 0 Å². The van der Waals surface area contributed by atoms with E-state index < -0.39 is 11.9 Å². The van der Waals surface area contributed by atoms with Gasteiger partial charge in [-0.05, 0) is 64.8 Å². The molecule has 0 bridgehead atoms. The minimum absolute atomic E-state index is 0.225.